The summed E-state index contributed by atoms with van der Waals surface area (Å²) in [5, 5.41) is 4.16. The Hall–Kier alpha value is -0.470. The summed E-state index contributed by atoms with van der Waals surface area (Å²) in [5.74, 6) is 1.27. The van der Waals surface area contributed by atoms with Crippen LogP contribution in [-0.4, -0.2) is 11.8 Å². The maximum absolute atomic E-state index is 3.66. The van der Waals surface area contributed by atoms with Gasteiger partial charge in [0.25, 0.3) is 0 Å². The van der Waals surface area contributed by atoms with E-state index in [0.29, 0.717) is 11.4 Å². The molecule has 0 aromatic heterocycles. The molecule has 2 unspecified atom stereocenters. The largest absolute Gasteiger partial charge is 0.299 e. The average Bonchev–Trinajstić information content (AvgIpc) is 2.22. The summed E-state index contributed by atoms with van der Waals surface area (Å²) in [6.07, 6.45) is 1.28. The Morgan fingerprint density at radius 3 is 2.87 bits per heavy atom. The van der Waals surface area contributed by atoms with Crippen LogP contribution in [0.4, 0.5) is 0 Å². The zero-order valence-electron chi connectivity index (χ0n) is 9.71. The van der Waals surface area contributed by atoms with Gasteiger partial charge in [-0.1, -0.05) is 18.2 Å². The van der Waals surface area contributed by atoms with E-state index in [4.69, 9.17) is 0 Å². The minimum Gasteiger partial charge on any atom is -0.299 e. The van der Waals surface area contributed by atoms with Crippen molar-refractivity contribution >= 4 is 11.8 Å². The summed E-state index contributed by atoms with van der Waals surface area (Å²) in [4.78, 5) is 0. The minimum atomic E-state index is 0.494. The molecule has 1 fully saturated rings. The van der Waals surface area contributed by atoms with Gasteiger partial charge in [0, 0.05) is 6.04 Å². The molecule has 1 aliphatic rings. The first kappa shape index (κ1) is 11.0. The third-order valence-electron chi connectivity index (χ3n) is 3.20. The minimum absolute atomic E-state index is 0.494. The number of thioether (sulfide) groups is 1. The molecule has 0 aliphatic carbocycles. The Kier molecular flexibility index (Phi) is 3.37. The summed E-state index contributed by atoms with van der Waals surface area (Å²) in [6.45, 7) is 6.69. The highest BCUT2D eigenvalue weighted by molar-refractivity contribution is 7.99. The number of aryl methyl sites for hydroxylation is 1. The summed E-state index contributed by atoms with van der Waals surface area (Å²) in [6, 6.07) is 7.26. The molecule has 1 aromatic carbocycles. The van der Waals surface area contributed by atoms with E-state index in [2.05, 4.69) is 44.3 Å². The van der Waals surface area contributed by atoms with Crippen LogP contribution in [0.25, 0.3) is 0 Å². The van der Waals surface area contributed by atoms with Crippen molar-refractivity contribution in [2.45, 2.75) is 38.6 Å². The lowest BCUT2D eigenvalue weighted by molar-refractivity contribution is 0.511. The van der Waals surface area contributed by atoms with Crippen molar-refractivity contribution in [1.82, 2.24) is 5.32 Å². The molecule has 1 heterocycles. The molecule has 1 aliphatic heterocycles. The van der Waals surface area contributed by atoms with E-state index >= 15 is 0 Å². The lowest BCUT2D eigenvalue weighted by Crippen LogP contribution is -2.33. The van der Waals surface area contributed by atoms with Gasteiger partial charge in [0.05, 0.1) is 5.37 Å². The van der Waals surface area contributed by atoms with Crippen LogP contribution in [0.5, 0.6) is 0 Å². The molecule has 0 bridgehead atoms. The molecule has 0 amide bonds. The fraction of sp³-hybridized carbons (Fsp3) is 0.538. The Balaban J connectivity index is 2.24. The maximum Gasteiger partial charge on any atom is 0.0794 e. The Morgan fingerprint density at radius 2 is 2.13 bits per heavy atom. The van der Waals surface area contributed by atoms with E-state index in [9.17, 15) is 0 Å². The van der Waals surface area contributed by atoms with Crippen LogP contribution in [0.1, 0.15) is 35.4 Å². The zero-order chi connectivity index (χ0) is 10.8. The van der Waals surface area contributed by atoms with Crippen LogP contribution in [0.15, 0.2) is 18.2 Å². The van der Waals surface area contributed by atoms with Crippen LogP contribution in [0.2, 0.25) is 0 Å². The molecule has 1 N–H and O–H groups in total. The Labute approximate surface area is 96.7 Å². The second kappa shape index (κ2) is 4.58. The number of benzene rings is 1. The van der Waals surface area contributed by atoms with Crippen molar-refractivity contribution in [3.8, 4) is 0 Å². The SMILES string of the molecule is Cc1cccc(C2NC(C)CCS2)c1C. The van der Waals surface area contributed by atoms with Gasteiger partial charge < -0.3 is 0 Å². The van der Waals surface area contributed by atoms with E-state index in [1.165, 1.54) is 28.9 Å². The maximum atomic E-state index is 3.66. The van der Waals surface area contributed by atoms with Crippen molar-refractivity contribution in [1.29, 1.82) is 0 Å². The predicted molar refractivity (Wildman–Crippen MR) is 68.3 cm³/mol. The first-order valence-corrected chi connectivity index (χ1v) is 6.67. The molecular formula is C13H19NS. The third-order valence-corrected chi connectivity index (χ3v) is 4.40. The molecular weight excluding hydrogens is 202 g/mol. The second-order valence-electron chi connectivity index (χ2n) is 4.40. The monoisotopic (exact) mass is 221 g/mol. The van der Waals surface area contributed by atoms with Gasteiger partial charge in [-0.3, -0.25) is 5.32 Å². The molecule has 1 aromatic rings. The molecule has 0 saturated carbocycles. The highest BCUT2D eigenvalue weighted by Gasteiger charge is 2.21. The molecule has 2 atom stereocenters. The van der Waals surface area contributed by atoms with E-state index in [0.717, 1.165) is 0 Å². The summed E-state index contributed by atoms with van der Waals surface area (Å²) < 4.78 is 0. The molecule has 15 heavy (non-hydrogen) atoms. The number of rotatable bonds is 1. The lowest BCUT2D eigenvalue weighted by Gasteiger charge is -2.30. The molecule has 1 saturated heterocycles. The molecule has 2 rings (SSSR count). The Bertz CT molecular complexity index is 348. The fourth-order valence-electron chi connectivity index (χ4n) is 1.99. The average molecular weight is 221 g/mol. The van der Waals surface area contributed by atoms with Gasteiger partial charge in [0.1, 0.15) is 0 Å². The van der Waals surface area contributed by atoms with E-state index in [1.807, 2.05) is 11.8 Å². The van der Waals surface area contributed by atoms with Gasteiger partial charge in [0.15, 0.2) is 0 Å². The van der Waals surface area contributed by atoms with Crippen molar-refractivity contribution < 1.29 is 0 Å². The van der Waals surface area contributed by atoms with E-state index in [1.54, 1.807) is 0 Å². The zero-order valence-corrected chi connectivity index (χ0v) is 10.5. The first-order valence-electron chi connectivity index (χ1n) is 5.62. The van der Waals surface area contributed by atoms with Gasteiger partial charge in [-0.15, -0.1) is 11.8 Å². The van der Waals surface area contributed by atoms with Crippen molar-refractivity contribution in [2.24, 2.45) is 0 Å². The molecule has 82 valence electrons. The number of hydrogen-bond donors (Lipinski definition) is 1. The van der Waals surface area contributed by atoms with Crippen LogP contribution >= 0.6 is 11.8 Å². The van der Waals surface area contributed by atoms with Crippen LogP contribution in [0.3, 0.4) is 0 Å². The van der Waals surface area contributed by atoms with Gasteiger partial charge in [-0.2, -0.15) is 0 Å². The Morgan fingerprint density at radius 1 is 1.33 bits per heavy atom. The summed E-state index contributed by atoms with van der Waals surface area (Å²) in [7, 11) is 0. The van der Waals surface area contributed by atoms with Gasteiger partial charge in [0.2, 0.25) is 0 Å². The van der Waals surface area contributed by atoms with Crippen LogP contribution in [0, 0.1) is 13.8 Å². The quantitative estimate of drug-likeness (QED) is 0.780. The van der Waals surface area contributed by atoms with Crippen LogP contribution < -0.4 is 5.32 Å². The van der Waals surface area contributed by atoms with Gasteiger partial charge in [-0.05, 0) is 49.6 Å². The second-order valence-corrected chi connectivity index (χ2v) is 5.61. The standard InChI is InChI=1S/C13H19NS/c1-9-5-4-6-12(11(9)3)13-14-10(2)7-8-15-13/h4-6,10,13-14H,7-8H2,1-3H3. The highest BCUT2D eigenvalue weighted by atomic mass is 32.2. The van der Waals surface area contributed by atoms with E-state index < -0.39 is 0 Å². The normalized spacial score (nSPS) is 26.6. The molecule has 1 nitrogen and oxygen atoms in total. The lowest BCUT2D eigenvalue weighted by atomic mass is 10.0. The predicted octanol–water partition coefficient (Wildman–Crippen LogP) is 3.42. The number of hydrogen-bond acceptors (Lipinski definition) is 2. The highest BCUT2D eigenvalue weighted by Crippen LogP contribution is 2.33. The van der Waals surface area contributed by atoms with Gasteiger partial charge in [-0.25, -0.2) is 0 Å². The van der Waals surface area contributed by atoms with E-state index in [-0.39, 0.29) is 0 Å². The number of nitrogens with one attached hydrogen (secondary N) is 1. The fourth-order valence-corrected chi connectivity index (χ4v) is 3.48. The third kappa shape index (κ3) is 2.37. The molecule has 0 radical (unpaired) electrons. The summed E-state index contributed by atoms with van der Waals surface area (Å²) >= 11 is 2.03. The van der Waals surface area contributed by atoms with Crippen molar-refractivity contribution in [3.05, 3.63) is 34.9 Å². The van der Waals surface area contributed by atoms with Crippen molar-refractivity contribution in [2.75, 3.05) is 5.75 Å². The first-order chi connectivity index (χ1) is 7.18. The smallest absolute Gasteiger partial charge is 0.0794 e. The molecule has 0 spiro atoms. The van der Waals surface area contributed by atoms with Crippen LogP contribution in [-0.2, 0) is 0 Å². The van der Waals surface area contributed by atoms with Gasteiger partial charge >= 0.3 is 0 Å². The topological polar surface area (TPSA) is 12.0 Å². The molecule has 2 heteroatoms. The summed E-state index contributed by atoms with van der Waals surface area (Å²) in [5.41, 5.74) is 4.30. The van der Waals surface area contributed by atoms with Crippen molar-refractivity contribution in [3.63, 3.8) is 0 Å².